The Bertz CT molecular complexity index is 618. The number of anilines is 1. The van der Waals surface area contributed by atoms with Gasteiger partial charge in [-0.15, -0.1) is 11.3 Å². The number of amides is 1. The third kappa shape index (κ3) is 2.66. The van der Waals surface area contributed by atoms with Gasteiger partial charge in [-0.1, -0.05) is 6.07 Å². The largest absolute Gasteiger partial charge is 0.494 e. The van der Waals surface area contributed by atoms with Crippen molar-refractivity contribution in [3.8, 4) is 5.75 Å². The summed E-state index contributed by atoms with van der Waals surface area (Å²) in [6.07, 6.45) is 0. The molecule has 20 heavy (non-hydrogen) atoms. The summed E-state index contributed by atoms with van der Waals surface area (Å²) in [4.78, 5) is 17.8. The van der Waals surface area contributed by atoms with Gasteiger partial charge >= 0.3 is 0 Å². The van der Waals surface area contributed by atoms with Crippen LogP contribution in [0.5, 0.6) is 5.75 Å². The van der Waals surface area contributed by atoms with Crippen molar-refractivity contribution in [1.82, 2.24) is 10.3 Å². The lowest BCUT2D eigenvalue weighted by Crippen LogP contribution is -2.12. The Morgan fingerprint density at radius 1 is 1.50 bits per heavy atom. The number of aromatic nitrogens is 1. The minimum Gasteiger partial charge on any atom is -0.494 e. The van der Waals surface area contributed by atoms with Crippen LogP contribution in [0.15, 0.2) is 24.3 Å². The molecular formula is C14H15N3O2S. The van der Waals surface area contributed by atoms with E-state index in [4.69, 9.17) is 4.74 Å². The SMILES string of the molecule is CCOc1cccc(C(=O)Nc2nc3c(s2)CNC3)c1. The molecule has 0 spiro atoms. The number of benzene rings is 1. The van der Waals surface area contributed by atoms with Crippen molar-refractivity contribution < 1.29 is 9.53 Å². The van der Waals surface area contributed by atoms with E-state index in [1.807, 2.05) is 19.1 Å². The number of fused-ring (bicyclic) bond motifs is 1. The third-order valence-electron chi connectivity index (χ3n) is 2.98. The minimum absolute atomic E-state index is 0.160. The molecule has 6 heteroatoms. The van der Waals surface area contributed by atoms with Gasteiger partial charge in [0.1, 0.15) is 5.75 Å². The van der Waals surface area contributed by atoms with E-state index in [0.717, 1.165) is 18.8 Å². The van der Waals surface area contributed by atoms with Gasteiger partial charge in [0.05, 0.1) is 12.3 Å². The monoisotopic (exact) mass is 289 g/mol. The Hall–Kier alpha value is -1.92. The molecule has 2 N–H and O–H groups in total. The second-order valence-corrected chi connectivity index (χ2v) is 5.49. The van der Waals surface area contributed by atoms with Crippen molar-refractivity contribution in [2.24, 2.45) is 0 Å². The van der Waals surface area contributed by atoms with Gasteiger partial charge in [-0.3, -0.25) is 10.1 Å². The average molecular weight is 289 g/mol. The van der Waals surface area contributed by atoms with Crippen molar-refractivity contribution in [2.75, 3.05) is 11.9 Å². The van der Waals surface area contributed by atoms with Gasteiger partial charge in [0.25, 0.3) is 5.91 Å². The van der Waals surface area contributed by atoms with E-state index >= 15 is 0 Å². The maximum atomic E-state index is 12.2. The first kappa shape index (κ1) is 13.1. The molecule has 0 unspecified atom stereocenters. The van der Waals surface area contributed by atoms with E-state index in [0.29, 0.717) is 23.1 Å². The van der Waals surface area contributed by atoms with E-state index in [2.05, 4.69) is 15.6 Å². The van der Waals surface area contributed by atoms with Crippen molar-refractivity contribution in [2.45, 2.75) is 20.0 Å². The first-order valence-corrected chi connectivity index (χ1v) is 7.31. The molecule has 1 aromatic heterocycles. The molecule has 2 aromatic rings. The lowest BCUT2D eigenvalue weighted by atomic mass is 10.2. The van der Waals surface area contributed by atoms with Crippen molar-refractivity contribution >= 4 is 22.4 Å². The number of carbonyl (C=O) groups excluding carboxylic acids is 1. The Kier molecular flexibility index (Phi) is 3.66. The molecule has 0 atom stereocenters. The molecule has 5 nitrogen and oxygen atoms in total. The van der Waals surface area contributed by atoms with Crippen LogP contribution in [0.25, 0.3) is 0 Å². The molecule has 104 valence electrons. The summed E-state index contributed by atoms with van der Waals surface area (Å²) in [5.41, 5.74) is 1.61. The summed E-state index contributed by atoms with van der Waals surface area (Å²) in [6.45, 7) is 4.11. The molecule has 0 saturated carbocycles. The molecule has 0 fully saturated rings. The minimum atomic E-state index is -0.160. The van der Waals surface area contributed by atoms with Crippen LogP contribution in [-0.4, -0.2) is 17.5 Å². The fourth-order valence-electron chi connectivity index (χ4n) is 2.07. The van der Waals surface area contributed by atoms with E-state index in [1.165, 1.54) is 16.2 Å². The number of carbonyl (C=O) groups is 1. The summed E-state index contributed by atoms with van der Waals surface area (Å²) < 4.78 is 5.40. The highest BCUT2D eigenvalue weighted by Gasteiger charge is 2.17. The fraction of sp³-hybridized carbons (Fsp3) is 0.286. The van der Waals surface area contributed by atoms with Gasteiger partial charge < -0.3 is 10.1 Å². The van der Waals surface area contributed by atoms with Gasteiger partial charge in [-0.25, -0.2) is 4.98 Å². The van der Waals surface area contributed by atoms with Crippen LogP contribution in [0.3, 0.4) is 0 Å². The molecule has 1 aliphatic rings. The molecule has 1 aromatic carbocycles. The Morgan fingerprint density at radius 3 is 3.20 bits per heavy atom. The zero-order valence-corrected chi connectivity index (χ0v) is 11.9. The molecule has 1 amide bonds. The second kappa shape index (κ2) is 5.60. The maximum Gasteiger partial charge on any atom is 0.257 e. The summed E-state index contributed by atoms with van der Waals surface area (Å²) in [6, 6.07) is 7.15. The van der Waals surface area contributed by atoms with E-state index in [-0.39, 0.29) is 5.91 Å². The first-order chi connectivity index (χ1) is 9.76. The number of rotatable bonds is 4. The van der Waals surface area contributed by atoms with E-state index in [1.54, 1.807) is 12.1 Å². The maximum absolute atomic E-state index is 12.2. The third-order valence-corrected chi connectivity index (χ3v) is 4.00. The first-order valence-electron chi connectivity index (χ1n) is 6.50. The average Bonchev–Trinajstić information content (AvgIpc) is 3.00. The normalized spacial score (nSPS) is 13.1. The van der Waals surface area contributed by atoms with E-state index < -0.39 is 0 Å². The Morgan fingerprint density at radius 2 is 2.40 bits per heavy atom. The Balaban J connectivity index is 1.73. The topological polar surface area (TPSA) is 63.2 Å². The number of ether oxygens (including phenoxy) is 1. The highest BCUT2D eigenvalue weighted by molar-refractivity contribution is 7.15. The summed E-state index contributed by atoms with van der Waals surface area (Å²) in [5.74, 6) is 0.540. The zero-order chi connectivity index (χ0) is 13.9. The Labute approximate surface area is 121 Å². The van der Waals surface area contributed by atoms with Gasteiger partial charge in [-0.05, 0) is 25.1 Å². The van der Waals surface area contributed by atoms with Crippen LogP contribution in [0.2, 0.25) is 0 Å². The van der Waals surface area contributed by atoms with Gasteiger partial charge in [0.15, 0.2) is 5.13 Å². The molecule has 0 aliphatic carbocycles. The molecule has 0 bridgehead atoms. The van der Waals surface area contributed by atoms with Gasteiger partial charge in [-0.2, -0.15) is 0 Å². The predicted octanol–water partition coefficient (Wildman–Crippen LogP) is 2.40. The predicted molar refractivity (Wildman–Crippen MR) is 78.2 cm³/mol. The van der Waals surface area contributed by atoms with Crippen molar-refractivity contribution in [1.29, 1.82) is 0 Å². The summed E-state index contributed by atoms with van der Waals surface area (Å²) in [7, 11) is 0. The second-order valence-electron chi connectivity index (χ2n) is 4.41. The van der Waals surface area contributed by atoms with Gasteiger partial charge in [0, 0.05) is 23.5 Å². The molecule has 2 heterocycles. The number of nitrogens with zero attached hydrogens (tertiary/aromatic N) is 1. The summed E-state index contributed by atoms with van der Waals surface area (Å²) >= 11 is 1.52. The smallest absolute Gasteiger partial charge is 0.257 e. The van der Waals surface area contributed by atoms with Crippen molar-refractivity contribution in [3.63, 3.8) is 0 Å². The molecule has 1 aliphatic heterocycles. The van der Waals surface area contributed by atoms with Crippen LogP contribution in [0.1, 0.15) is 27.9 Å². The van der Waals surface area contributed by atoms with Gasteiger partial charge in [0.2, 0.25) is 0 Å². The van der Waals surface area contributed by atoms with Crippen LogP contribution in [0.4, 0.5) is 5.13 Å². The number of hydrogen-bond acceptors (Lipinski definition) is 5. The lowest BCUT2D eigenvalue weighted by molar-refractivity contribution is 0.102. The molecular weight excluding hydrogens is 274 g/mol. The van der Waals surface area contributed by atoms with Crippen LogP contribution in [0, 0.1) is 0 Å². The highest BCUT2D eigenvalue weighted by Crippen LogP contribution is 2.26. The lowest BCUT2D eigenvalue weighted by Gasteiger charge is -2.05. The quantitative estimate of drug-likeness (QED) is 0.907. The molecule has 0 saturated heterocycles. The summed E-state index contributed by atoms with van der Waals surface area (Å²) in [5, 5.41) is 6.72. The van der Waals surface area contributed by atoms with E-state index in [9.17, 15) is 4.79 Å². The number of hydrogen-bond donors (Lipinski definition) is 2. The highest BCUT2D eigenvalue weighted by atomic mass is 32.1. The van der Waals surface area contributed by atoms with Crippen LogP contribution < -0.4 is 15.4 Å². The number of nitrogens with one attached hydrogen (secondary N) is 2. The standard InChI is InChI=1S/C14H15N3O2S/c1-2-19-10-5-3-4-9(6-10)13(18)17-14-16-11-7-15-8-12(11)20-14/h3-6,15H,2,7-8H2,1H3,(H,16,17,18). The number of thiazole rings is 1. The van der Waals surface area contributed by atoms with Crippen LogP contribution >= 0.6 is 11.3 Å². The zero-order valence-electron chi connectivity index (χ0n) is 11.1. The molecule has 0 radical (unpaired) electrons. The molecule has 3 rings (SSSR count). The van der Waals surface area contributed by atoms with Crippen molar-refractivity contribution in [3.05, 3.63) is 40.4 Å². The van der Waals surface area contributed by atoms with Crippen LogP contribution in [-0.2, 0) is 13.1 Å². The fourth-order valence-corrected chi connectivity index (χ4v) is 3.01.